The quantitative estimate of drug-likeness (QED) is 0.582. The molecule has 0 bridgehead atoms. The van der Waals surface area contributed by atoms with Crippen molar-refractivity contribution >= 4 is 11.7 Å². The number of amides is 1. The molecule has 2 aromatic carbocycles. The van der Waals surface area contributed by atoms with E-state index >= 15 is 0 Å². The first kappa shape index (κ1) is 19.5. The lowest BCUT2D eigenvalue weighted by Gasteiger charge is -2.09. The number of aromatic nitrogens is 2. The van der Waals surface area contributed by atoms with E-state index in [2.05, 4.69) is 27.0 Å². The molecule has 0 saturated carbocycles. The molecule has 0 spiro atoms. The van der Waals surface area contributed by atoms with Crippen LogP contribution in [-0.2, 0) is 17.8 Å². The van der Waals surface area contributed by atoms with Crippen LogP contribution < -0.4 is 5.32 Å². The van der Waals surface area contributed by atoms with Crippen molar-refractivity contribution in [3.05, 3.63) is 89.5 Å². The van der Waals surface area contributed by atoms with Crippen molar-refractivity contribution in [3.8, 4) is 0 Å². The highest BCUT2D eigenvalue weighted by Gasteiger charge is 2.10. The van der Waals surface area contributed by atoms with Crippen LogP contribution in [0.25, 0.3) is 0 Å². The minimum absolute atomic E-state index is 0.00597. The Kier molecular flexibility index (Phi) is 6.73. The number of ketones is 1. The lowest BCUT2D eigenvalue weighted by Crippen LogP contribution is -2.26. The lowest BCUT2D eigenvalue weighted by molar-refractivity contribution is -0.121. The molecule has 0 aliphatic carbocycles. The van der Waals surface area contributed by atoms with E-state index in [4.69, 9.17) is 0 Å². The van der Waals surface area contributed by atoms with Crippen LogP contribution >= 0.6 is 0 Å². The van der Waals surface area contributed by atoms with Crippen LogP contribution in [-0.4, -0.2) is 27.8 Å². The largest absolute Gasteiger partial charge is 0.356 e. The Morgan fingerprint density at radius 3 is 2.50 bits per heavy atom. The Balaban J connectivity index is 1.41. The molecular weight excluding hydrogens is 350 g/mol. The van der Waals surface area contributed by atoms with Gasteiger partial charge in [0.1, 0.15) is 5.82 Å². The van der Waals surface area contributed by atoms with Crippen molar-refractivity contribution < 1.29 is 9.59 Å². The average Bonchev–Trinajstić information content (AvgIpc) is 3.14. The second-order valence-corrected chi connectivity index (χ2v) is 6.85. The molecule has 28 heavy (non-hydrogen) atoms. The number of hydrogen-bond acceptors (Lipinski definition) is 3. The molecule has 0 unspecified atom stereocenters. The molecule has 1 amide bonds. The van der Waals surface area contributed by atoms with Crippen LogP contribution in [0.4, 0.5) is 0 Å². The van der Waals surface area contributed by atoms with Crippen LogP contribution in [0.5, 0.6) is 0 Å². The van der Waals surface area contributed by atoms with E-state index in [-0.39, 0.29) is 24.5 Å². The number of Topliss-reactive ketones (excluding diaryl/α,β-unsaturated/α-hetero) is 1. The SMILES string of the molecule is Cc1ccc(C(=O)CCC(=O)NCCc2nccn2Cc2ccccc2)cc1. The number of imidazole rings is 1. The van der Waals surface area contributed by atoms with Gasteiger partial charge >= 0.3 is 0 Å². The Bertz CT molecular complexity index is 915. The third kappa shape index (κ3) is 5.64. The number of nitrogens with zero attached hydrogens (tertiary/aromatic N) is 2. The molecule has 1 N–H and O–H groups in total. The summed E-state index contributed by atoms with van der Waals surface area (Å²) in [5.74, 6) is 0.815. The first-order chi connectivity index (χ1) is 13.6. The third-order valence-corrected chi connectivity index (χ3v) is 4.62. The van der Waals surface area contributed by atoms with Gasteiger partial charge in [0, 0.05) is 50.3 Å². The molecule has 144 valence electrons. The van der Waals surface area contributed by atoms with Crippen LogP contribution in [0.2, 0.25) is 0 Å². The monoisotopic (exact) mass is 375 g/mol. The van der Waals surface area contributed by atoms with E-state index in [1.807, 2.05) is 55.6 Å². The zero-order chi connectivity index (χ0) is 19.8. The predicted octanol–water partition coefficient (Wildman–Crippen LogP) is 3.56. The summed E-state index contributed by atoms with van der Waals surface area (Å²) in [6, 6.07) is 17.6. The van der Waals surface area contributed by atoms with Gasteiger partial charge in [0.2, 0.25) is 5.91 Å². The highest BCUT2D eigenvalue weighted by atomic mass is 16.2. The first-order valence-corrected chi connectivity index (χ1v) is 9.52. The van der Waals surface area contributed by atoms with E-state index in [0.29, 0.717) is 18.5 Å². The number of rotatable bonds is 9. The highest BCUT2D eigenvalue weighted by molar-refractivity contribution is 5.97. The number of aryl methyl sites for hydroxylation is 1. The molecule has 5 nitrogen and oxygen atoms in total. The fraction of sp³-hybridized carbons (Fsp3) is 0.261. The third-order valence-electron chi connectivity index (χ3n) is 4.62. The smallest absolute Gasteiger partial charge is 0.220 e. The standard InChI is InChI=1S/C23H25N3O2/c1-18-7-9-20(10-8-18)21(27)11-12-23(28)25-14-13-22-24-15-16-26(22)17-19-5-3-2-4-6-19/h2-10,15-16H,11-14,17H2,1H3,(H,25,28). The maximum absolute atomic E-state index is 12.1. The van der Waals surface area contributed by atoms with Gasteiger partial charge in [-0.05, 0) is 12.5 Å². The average molecular weight is 375 g/mol. The molecule has 0 saturated heterocycles. The van der Waals surface area contributed by atoms with E-state index in [0.717, 1.165) is 17.9 Å². The molecule has 0 fully saturated rings. The van der Waals surface area contributed by atoms with Crippen molar-refractivity contribution in [1.82, 2.24) is 14.9 Å². The van der Waals surface area contributed by atoms with E-state index in [9.17, 15) is 9.59 Å². The fourth-order valence-corrected chi connectivity index (χ4v) is 3.01. The molecule has 1 heterocycles. The van der Waals surface area contributed by atoms with E-state index in [1.54, 1.807) is 6.20 Å². The van der Waals surface area contributed by atoms with E-state index < -0.39 is 0 Å². The van der Waals surface area contributed by atoms with Crippen molar-refractivity contribution in [1.29, 1.82) is 0 Å². The van der Waals surface area contributed by atoms with Crippen LogP contribution in [0.3, 0.4) is 0 Å². The first-order valence-electron chi connectivity index (χ1n) is 9.52. The van der Waals surface area contributed by atoms with Crippen molar-refractivity contribution in [2.45, 2.75) is 32.7 Å². The second-order valence-electron chi connectivity index (χ2n) is 6.85. The van der Waals surface area contributed by atoms with Gasteiger partial charge in [-0.15, -0.1) is 0 Å². The van der Waals surface area contributed by atoms with Crippen LogP contribution in [0, 0.1) is 6.92 Å². The summed E-state index contributed by atoms with van der Waals surface area (Å²) >= 11 is 0. The molecule has 1 aromatic heterocycles. The summed E-state index contributed by atoms with van der Waals surface area (Å²) in [7, 11) is 0. The van der Waals surface area contributed by atoms with Crippen molar-refractivity contribution in [2.24, 2.45) is 0 Å². The Morgan fingerprint density at radius 2 is 1.75 bits per heavy atom. The number of benzene rings is 2. The van der Waals surface area contributed by atoms with Gasteiger partial charge in [0.25, 0.3) is 0 Å². The van der Waals surface area contributed by atoms with Gasteiger partial charge < -0.3 is 9.88 Å². The van der Waals surface area contributed by atoms with Crippen molar-refractivity contribution in [3.63, 3.8) is 0 Å². The minimum atomic E-state index is -0.110. The number of carbonyl (C=O) groups is 2. The highest BCUT2D eigenvalue weighted by Crippen LogP contribution is 2.08. The summed E-state index contributed by atoms with van der Waals surface area (Å²) in [6.07, 6.45) is 4.80. The summed E-state index contributed by atoms with van der Waals surface area (Å²) in [5, 5.41) is 2.88. The predicted molar refractivity (Wildman–Crippen MR) is 109 cm³/mol. The van der Waals surface area contributed by atoms with Crippen LogP contribution in [0.1, 0.15) is 40.2 Å². The fourth-order valence-electron chi connectivity index (χ4n) is 3.01. The zero-order valence-electron chi connectivity index (χ0n) is 16.1. The summed E-state index contributed by atoms with van der Waals surface area (Å²) < 4.78 is 2.09. The molecule has 0 atom stereocenters. The number of hydrogen-bond donors (Lipinski definition) is 1. The topological polar surface area (TPSA) is 64.0 Å². The molecule has 3 aromatic rings. The second kappa shape index (κ2) is 9.65. The Morgan fingerprint density at radius 1 is 1.00 bits per heavy atom. The van der Waals surface area contributed by atoms with Crippen molar-refractivity contribution in [2.75, 3.05) is 6.54 Å². The Labute approximate surface area is 165 Å². The Hall–Kier alpha value is -3.21. The van der Waals surface area contributed by atoms with Gasteiger partial charge in [-0.25, -0.2) is 4.98 Å². The van der Waals surface area contributed by atoms with Gasteiger partial charge in [-0.1, -0.05) is 60.2 Å². The molecule has 0 radical (unpaired) electrons. The maximum atomic E-state index is 12.1. The lowest BCUT2D eigenvalue weighted by atomic mass is 10.1. The van der Waals surface area contributed by atoms with Gasteiger partial charge in [0.05, 0.1) is 0 Å². The molecule has 0 aliphatic rings. The summed E-state index contributed by atoms with van der Waals surface area (Å²) in [5.41, 5.74) is 2.97. The molecule has 3 rings (SSSR count). The number of nitrogens with one attached hydrogen (secondary N) is 1. The van der Waals surface area contributed by atoms with Gasteiger partial charge in [-0.3, -0.25) is 9.59 Å². The van der Waals surface area contributed by atoms with Gasteiger partial charge in [0.15, 0.2) is 5.78 Å². The minimum Gasteiger partial charge on any atom is -0.356 e. The maximum Gasteiger partial charge on any atom is 0.220 e. The van der Waals surface area contributed by atoms with Crippen LogP contribution in [0.15, 0.2) is 67.0 Å². The molecule has 5 heteroatoms. The van der Waals surface area contributed by atoms with E-state index in [1.165, 1.54) is 5.56 Å². The summed E-state index contributed by atoms with van der Waals surface area (Å²) in [4.78, 5) is 28.6. The molecular formula is C23H25N3O2. The molecule has 0 aliphatic heterocycles. The summed E-state index contributed by atoms with van der Waals surface area (Å²) in [6.45, 7) is 3.24. The normalized spacial score (nSPS) is 10.6. The zero-order valence-corrected chi connectivity index (χ0v) is 16.1. The van der Waals surface area contributed by atoms with Gasteiger partial charge in [-0.2, -0.15) is 0 Å². The number of carbonyl (C=O) groups excluding carboxylic acids is 2.